The van der Waals surface area contributed by atoms with Crippen LogP contribution in [0.25, 0.3) is 0 Å². The van der Waals surface area contributed by atoms with Crippen molar-refractivity contribution in [2.45, 2.75) is 33.8 Å². The number of nitrogens with zero attached hydrogens (tertiary/aromatic N) is 1. The molecule has 0 bridgehead atoms. The van der Waals surface area contributed by atoms with Crippen LogP contribution in [-0.4, -0.2) is 23.5 Å². The number of rotatable bonds is 7. The summed E-state index contributed by atoms with van der Waals surface area (Å²) in [4.78, 5) is 16.6. The minimum absolute atomic E-state index is 0.124. The molecule has 2 rings (SSSR count). The molecule has 0 unspecified atom stereocenters. The minimum Gasteiger partial charge on any atom is -0.491 e. The molecule has 0 radical (unpaired) electrons. The van der Waals surface area contributed by atoms with Crippen LogP contribution in [0.3, 0.4) is 0 Å². The van der Waals surface area contributed by atoms with Crippen LogP contribution in [0.15, 0.2) is 42.6 Å². The normalized spacial score (nSPS) is 10.8. The van der Waals surface area contributed by atoms with Gasteiger partial charge in [0.15, 0.2) is 0 Å². The van der Waals surface area contributed by atoms with Gasteiger partial charge in [0.05, 0.1) is 6.10 Å². The zero-order valence-corrected chi connectivity index (χ0v) is 14.7. The van der Waals surface area contributed by atoms with Crippen molar-refractivity contribution in [3.05, 3.63) is 48.2 Å². The number of aromatic nitrogens is 1. The number of nitrogens with one attached hydrogen (secondary N) is 2. The van der Waals surface area contributed by atoms with Gasteiger partial charge in [-0.05, 0) is 56.2 Å². The molecular weight excluding hydrogens is 302 g/mol. The minimum atomic E-state index is -0.164. The molecule has 1 aromatic carbocycles. The van der Waals surface area contributed by atoms with Crippen molar-refractivity contribution in [3.63, 3.8) is 0 Å². The Morgan fingerprint density at radius 2 is 1.83 bits per heavy atom. The topological polar surface area (TPSA) is 63.2 Å². The number of pyridine rings is 1. The molecule has 5 nitrogen and oxygen atoms in total. The van der Waals surface area contributed by atoms with Crippen molar-refractivity contribution in [3.8, 4) is 5.75 Å². The maximum absolute atomic E-state index is 12.4. The molecule has 2 N–H and O–H groups in total. The molecule has 5 heteroatoms. The highest BCUT2D eigenvalue weighted by Gasteiger charge is 2.08. The van der Waals surface area contributed by atoms with Gasteiger partial charge in [-0.3, -0.25) is 4.79 Å². The van der Waals surface area contributed by atoms with Gasteiger partial charge in [0, 0.05) is 24.0 Å². The first-order chi connectivity index (χ1) is 11.4. The summed E-state index contributed by atoms with van der Waals surface area (Å²) >= 11 is 0. The number of hydrogen-bond acceptors (Lipinski definition) is 4. The van der Waals surface area contributed by atoms with E-state index in [2.05, 4.69) is 29.5 Å². The summed E-state index contributed by atoms with van der Waals surface area (Å²) in [6.07, 6.45) is 1.76. The lowest BCUT2D eigenvalue weighted by Crippen LogP contribution is -2.14. The number of carbonyl (C=O) groups is 1. The Hall–Kier alpha value is -2.56. The molecule has 0 spiro atoms. The fourth-order valence-electron chi connectivity index (χ4n) is 2.07. The SMILES string of the molecule is CC(C)CNc1cc(C(=O)Nc2ccc(OC(C)C)cc2)ccn1. The highest BCUT2D eigenvalue weighted by Crippen LogP contribution is 2.18. The van der Waals surface area contributed by atoms with Crippen molar-refractivity contribution in [1.29, 1.82) is 0 Å². The average Bonchev–Trinajstić information content (AvgIpc) is 2.54. The van der Waals surface area contributed by atoms with Gasteiger partial charge in [0.25, 0.3) is 5.91 Å². The third-order valence-corrected chi connectivity index (χ3v) is 3.20. The van der Waals surface area contributed by atoms with Crippen molar-refractivity contribution in [2.75, 3.05) is 17.2 Å². The summed E-state index contributed by atoms with van der Waals surface area (Å²) in [7, 11) is 0. The Morgan fingerprint density at radius 3 is 2.46 bits per heavy atom. The molecule has 0 saturated carbocycles. The van der Waals surface area contributed by atoms with Crippen molar-refractivity contribution < 1.29 is 9.53 Å². The zero-order chi connectivity index (χ0) is 17.5. The van der Waals surface area contributed by atoms with E-state index in [1.165, 1.54) is 0 Å². The van der Waals surface area contributed by atoms with Crippen molar-refractivity contribution >= 4 is 17.4 Å². The molecule has 0 fully saturated rings. The summed E-state index contributed by atoms with van der Waals surface area (Å²) in [5, 5.41) is 6.10. The van der Waals surface area contributed by atoms with Crippen LogP contribution in [0.4, 0.5) is 11.5 Å². The van der Waals surface area contributed by atoms with Crippen molar-refractivity contribution in [1.82, 2.24) is 4.98 Å². The number of ether oxygens (including phenoxy) is 1. The number of benzene rings is 1. The fourth-order valence-corrected chi connectivity index (χ4v) is 2.07. The molecule has 0 atom stereocenters. The van der Waals surface area contributed by atoms with E-state index >= 15 is 0 Å². The van der Waals surface area contributed by atoms with Crippen molar-refractivity contribution in [2.24, 2.45) is 5.92 Å². The van der Waals surface area contributed by atoms with Gasteiger partial charge in [-0.1, -0.05) is 13.8 Å². The maximum Gasteiger partial charge on any atom is 0.255 e. The predicted octanol–water partition coefficient (Wildman–Crippen LogP) is 4.19. The second kappa shape index (κ2) is 8.34. The van der Waals surface area contributed by atoms with E-state index in [0.717, 1.165) is 18.0 Å². The molecule has 0 aliphatic heterocycles. The van der Waals surface area contributed by atoms with E-state index in [1.807, 2.05) is 38.1 Å². The van der Waals surface area contributed by atoms with Crippen LogP contribution in [0, 0.1) is 5.92 Å². The number of carbonyl (C=O) groups excluding carboxylic acids is 1. The number of hydrogen-bond donors (Lipinski definition) is 2. The molecule has 0 saturated heterocycles. The smallest absolute Gasteiger partial charge is 0.255 e. The van der Waals surface area contributed by atoms with E-state index < -0.39 is 0 Å². The predicted molar refractivity (Wildman–Crippen MR) is 97.7 cm³/mol. The summed E-state index contributed by atoms with van der Waals surface area (Å²) in [6.45, 7) is 9.01. The van der Waals surface area contributed by atoms with Crippen LogP contribution in [0.5, 0.6) is 5.75 Å². The first kappa shape index (κ1) is 17.8. The third-order valence-electron chi connectivity index (χ3n) is 3.20. The monoisotopic (exact) mass is 327 g/mol. The van der Waals surface area contributed by atoms with Crippen LogP contribution in [0.1, 0.15) is 38.1 Å². The summed E-state index contributed by atoms with van der Waals surface area (Å²) in [5.41, 5.74) is 1.29. The standard InChI is InChI=1S/C19H25N3O2/c1-13(2)12-21-18-11-15(9-10-20-18)19(23)22-16-5-7-17(8-6-16)24-14(3)4/h5-11,13-14H,12H2,1-4H3,(H,20,21)(H,22,23). The molecule has 1 amide bonds. The van der Waals surface area contributed by atoms with Gasteiger partial charge in [-0.2, -0.15) is 0 Å². The first-order valence-corrected chi connectivity index (χ1v) is 8.22. The molecule has 128 valence electrons. The average molecular weight is 327 g/mol. The van der Waals surface area contributed by atoms with Gasteiger partial charge in [-0.25, -0.2) is 4.98 Å². The molecular formula is C19H25N3O2. The Kier molecular flexibility index (Phi) is 6.18. The molecule has 24 heavy (non-hydrogen) atoms. The van der Waals surface area contributed by atoms with Gasteiger partial charge in [-0.15, -0.1) is 0 Å². The Labute approximate surface area is 143 Å². The first-order valence-electron chi connectivity index (χ1n) is 8.22. The van der Waals surface area contributed by atoms with Crippen LogP contribution < -0.4 is 15.4 Å². The van der Waals surface area contributed by atoms with Gasteiger partial charge in [0.1, 0.15) is 11.6 Å². The van der Waals surface area contributed by atoms with Gasteiger partial charge in [0.2, 0.25) is 0 Å². The largest absolute Gasteiger partial charge is 0.491 e. The lowest BCUT2D eigenvalue weighted by atomic mass is 10.2. The second-order valence-corrected chi connectivity index (χ2v) is 6.35. The molecule has 1 aromatic heterocycles. The van der Waals surface area contributed by atoms with E-state index in [9.17, 15) is 4.79 Å². The molecule has 1 heterocycles. The summed E-state index contributed by atoms with van der Waals surface area (Å²) in [5.74, 6) is 1.84. The maximum atomic E-state index is 12.4. The quantitative estimate of drug-likeness (QED) is 0.800. The van der Waals surface area contributed by atoms with E-state index in [4.69, 9.17) is 4.74 Å². The van der Waals surface area contributed by atoms with Crippen LogP contribution >= 0.6 is 0 Å². The molecule has 2 aromatic rings. The Balaban J connectivity index is 2.00. The van der Waals surface area contributed by atoms with Gasteiger partial charge < -0.3 is 15.4 Å². The van der Waals surface area contributed by atoms with Gasteiger partial charge >= 0.3 is 0 Å². The Morgan fingerprint density at radius 1 is 1.12 bits per heavy atom. The second-order valence-electron chi connectivity index (χ2n) is 6.35. The number of amides is 1. The molecule has 0 aliphatic rings. The Bertz CT molecular complexity index is 667. The van der Waals surface area contributed by atoms with Crippen LogP contribution in [-0.2, 0) is 0 Å². The lowest BCUT2D eigenvalue weighted by Gasteiger charge is -2.11. The van der Waals surface area contributed by atoms with E-state index in [0.29, 0.717) is 17.3 Å². The van der Waals surface area contributed by atoms with E-state index in [-0.39, 0.29) is 12.0 Å². The number of anilines is 2. The zero-order valence-electron chi connectivity index (χ0n) is 14.7. The van der Waals surface area contributed by atoms with E-state index in [1.54, 1.807) is 18.3 Å². The summed E-state index contributed by atoms with van der Waals surface area (Å²) < 4.78 is 5.59. The molecule has 0 aliphatic carbocycles. The summed E-state index contributed by atoms with van der Waals surface area (Å²) in [6, 6.07) is 10.8. The van der Waals surface area contributed by atoms with Crippen LogP contribution in [0.2, 0.25) is 0 Å². The fraction of sp³-hybridized carbons (Fsp3) is 0.368. The highest BCUT2D eigenvalue weighted by atomic mass is 16.5. The third kappa shape index (κ3) is 5.57. The lowest BCUT2D eigenvalue weighted by molar-refractivity contribution is 0.102. The highest BCUT2D eigenvalue weighted by molar-refractivity contribution is 6.04.